The number of fused-ring (bicyclic) bond motifs is 1. The van der Waals surface area contributed by atoms with Crippen LogP contribution in [-0.2, 0) is 9.59 Å². The fraction of sp³-hybridized carbons (Fsp3) is 0.267. The molecule has 0 spiro atoms. The lowest BCUT2D eigenvalue weighted by molar-refractivity contribution is -0.120. The molecule has 0 saturated carbocycles. The first-order valence-corrected chi connectivity index (χ1v) is 13.1. The maximum atomic E-state index is 13.1. The molecule has 1 saturated heterocycles. The first kappa shape index (κ1) is 26.0. The molecule has 1 atom stereocenters. The zero-order valence-electron chi connectivity index (χ0n) is 21.9. The van der Waals surface area contributed by atoms with Gasteiger partial charge >= 0.3 is 0 Å². The summed E-state index contributed by atoms with van der Waals surface area (Å²) in [4.78, 5) is 32.3. The molecule has 0 aromatic heterocycles. The normalized spacial score (nSPS) is 19.1. The second-order valence-electron chi connectivity index (χ2n) is 9.95. The van der Waals surface area contributed by atoms with E-state index in [4.69, 9.17) is 11.6 Å². The van der Waals surface area contributed by atoms with Gasteiger partial charge in [-0.2, -0.15) is 0 Å². The van der Waals surface area contributed by atoms with Crippen LogP contribution in [0.2, 0.25) is 5.02 Å². The standard InChI is InChI=1S/C30H32ClN5O2/c1-20-18-36(16-15-34(20)2)19-27(37)35(3)24-12-10-23(11-13-24)32-29(21-7-5-4-6-8-21)28-25-14-9-22(31)17-26(25)33-30(28)38/h4-14,17,20,32H,15-16,18-19H2,1-3H3,(H,33,38)/b29-28-. The molecule has 38 heavy (non-hydrogen) atoms. The summed E-state index contributed by atoms with van der Waals surface area (Å²) < 4.78 is 0. The molecule has 196 valence electrons. The smallest absolute Gasteiger partial charge is 0.258 e. The number of halogens is 1. The van der Waals surface area contributed by atoms with Crippen LogP contribution in [0.25, 0.3) is 11.3 Å². The van der Waals surface area contributed by atoms with Crippen LogP contribution in [0.3, 0.4) is 0 Å². The van der Waals surface area contributed by atoms with Gasteiger partial charge in [0.1, 0.15) is 0 Å². The molecule has 1 fully saturated rings. The van der Waals surface area contributed by atoms with Gasteiger partial charge in [-0.05, 0) is 55.9 Å². The molecule has 0 aliphatic carbocycles. The Morgan fingerprint density at radius 2 is 1.82 bits per heavy atom. The number of anilines is 3. The Morgan fingerprint density at radius 1 is 1.08 bits per heavy atom. The van der Waals surface area contributed by atoms with Gasteiger partial charge in [-0.25, -0.2) is 0 Å². The summed E-state index contributed by atoms with van der Waals surface area (Å²) in [6.45, 7) is 5.33. The summed E-state index contributed by atoms with van der Waals surface area (Å²) in [5, 5.41) is 6.96. The van der Waals surface area contributed by atoms with Crippen molar-refractivity contribution in [2.24, 2.45) is 0 Å². The topological polar surface area (TPSA) is 67.9 Å². The highest BCUT2D eigenvalue weighted by atomic mass is 35.5. The summed E-state index contributed by atoms with van der Waals surface area (Å²) in [7, 11) is 3.94. The van der Waals surface area contributed by atoms with Crippen molar-refractivity contribution in [3.63, 3.8) is 0 Å². The number of nitrogens with zero attached hydrogens (tertiary/aromatic N) is 3. The van der Waals surface area contributed by atoms with E-state index in [9.17, 15) is 9.59 Å². The summed E-state index contributed by atoms with van der Waals surface area (Å²) in [5.41, 5.74) is 5.26. The van der Waals surface area contributed by atoms with Gasteiger partial charge in [0.05, 0.1) is 23.5 Å². The van der Waals surface area contributed by atoms with Crippen molar-refractivity contribution in [2.45, 2.75) is 13.0 Å². The van der Waals surface area contributed by atoms with E-state index in [0.717, 1.165) is 42.1 Å². The monoisotopic (exact) mass is 529 g/mol. The van der Waals surface area contributed by atoms with Crippen LogP contribution in [-0.4, -0.2) is 67.9 Å². The van der Waals surface area contributed by atoms with Crippen LogP contribution in [0.5, 0.6) is 0 Å². The first-order valence-electron chi connectivity index (χ1n) is 12.8. The molecule has 3 aromatic carbocycles. The Labute approximate surface area is 228 Å². The molecule has 1 unspecified atom stereocenters. The molecule has 0 bridgehead atoms. The van der Waals surface area contributed by atoms with Crippen LogP contribution in [0.1, 0.15) is 18.1 Å². The minimum atomic E-state index is -0.186. The van der Waals surface area contributed by atoms with Gasteiger partial charge in [0.25, 0.3) is 5.91 Å². The molecular weight excluding hydrogens is 498 g/mol. The van der Waals surface area contributed by atoms with Crippen molar-refractivity contribution >= 4 is 51.7 Å². The lowest BCUT2D eigenvalue weighted by Gasteiger charge is -2.37. The summed E-state index contributed by atoms with van der Waals surface area (Å²) in [5.74, 6) is -0.124. The number of benzene rings is 3. The number of rotatable bonds is 6. The van der Waals surface area contributed by atoms with Gasteiger partial charge in [-0.3, -0.25) is 14.5 Å². The fourth-order valence-electron chi connectivity index (χ4n) is 4.90. The molecule has 2 aliphatic rings. The number of carbonyl (C=O) groups excluding carboxylic acids is 2. The van der Waals surface area contributed by atoms with Crippen molar-refractivity contribution in [2.75, 3.05) is 55.8 Å². The average Bonchev–Trinajstić information content (AvgIpc) is 3.24. The van der Waals surface area contributed by atoms with Crippen LogP contribution in [0.15, 0.2) is 72.8 Å². The highest BCUT2D eigenvalue weighted by molar-refractivity contribution is 6.38. The van der Waals surface area contributed by atoms with Gasteiger partial charge < -0.3 is 20.4 Å². The molecule has 0 radical (unpaired) electrons. The van der Waals surface area contributed by atoms with E-state index in [-0.39, 0.29) is 11.8 Å². The van der Waals surface area contributed by atoms with Crippen molar-refractivity contribution in [3.8, 4) is 0 Å². The van der Waals surface area contributed by atoms with Gasteiger partial charge in [0.15, 0.2) is 0 Å². The third kappa shape index (κ3) is 5.45. The van der Waals surface area contributed by atoms with E-state index in [0.29, 0.717) is 34.6 Å². The largest absolute Gasteiger partial charge is 0.354 e. The highest BCUT2D eigenvalue weighted by Gasteiger charge is 2.29. The maximum absolute atomic E-state index is 13.1. The molecule has 5 rings (SSSR count). The van der Waals surface area contributed by atoms with E-state index in [2.05, 4.69) is 34.4 Å². The highest BCUT2D eigenvalue weighted by Crippen LogP contribution is 2.38. The summed E-state index contributed by atoms with van der Waals surface area (Å²) in [6, 6.07) is 23.3. The average molecular weight is 530 g/mol. The van der Waals surface area contributed by atoms with Crippen molar-refractivity contribution in [3.05, 3.63) is 88.9 Å². The SMILES string of the molecule is CC1CN(CC(=O)N(C)c2ccc(N/C(=C3\C(=O)Nc4cc(Cl)ccc43)c3ccccc3)cc2)CCN1C. The van der Waals surface area contributed by atoms with Crippen molar-refractivity contribution in [1.82, 2.24) is 9.80 Å². The van der Waals surface area contributed by atoms with E-state index in [1.807, 2.05) is 67.7 Å². The van der Waals surface area contributed by atoms with Crippen molar-refractivity contribution in [1.29, 1.82) is 0 Å². The molecule has 7 nitrogen and oxygen atoms in total. The summed E-state index contributed by atoms with van der Waals surface area (Å²) in [6.07, 6.45) is 0. The quantitative estimate of drug-likeness (QED) is 0.446. The predicted molar refractivity (Wildman–Crippen MR) is 155 cm³/mol. The van der Waals surface area contributed by atoms with E-state index >= 15 is 0 Å². The number of hydrogen-bond donors (Lipinski definition) is 2. The first-order chi connectivity index (χ1) is 18.3. The predicted octanol–water partition coefficient (Wildman–Crippen LogP) is 4.87. The Morgan fingerprint density at radius 3 is 2.53 bits per heavy atom. The second-order valence-corrected chi connectivity index (χ2v) is 10.4. The summed E-state index contributed by atoms with van der Waals surface area (Å²) >= 11 is 6.16. The number of likely N-dealkylation sites (N-methyl/N-ethyl adjacent to an activating group) is 2. The van der Waals surface area contributed by atoms with Crippen LogP contribution < -0.4 is 15.5 Å². The Kier molecular flexibility index (Phi) is 7.51. The zero-order chi connectivity index (χ0) is 26.8. The van der Waals surface area contributed by atoms with E-state index in [1.165, 1.54) is 0 Å². The van der Waals surface area contributed by atoms with Gasteiger partial charge in [0, 0.05) is 54.7 Å². The minimum Gasteiger partial charge on any atom is -0.354 e. The minimum absolute atomic E-state index is 0.0625. The molecule has 3 aromatic rings. The maximum Gasteiger partial charge on any atom is 0.258 e. The van der Waals surface area contributed by atoms with Crippen LogP contribution >= 0.6 is 11.6 Å². The Hall–Kier alpha value is -3.65. The number of amides is 2. The molecule has 8 heteroatoms. The van der Waals surface area contributed by atoms with E-state index < -0.39 is 0 Å². The van der Waals surface area contributed by atoms with Gasteiger partial charge in [-0.15, -0.1) is 0 Å². The zero-order valence-corrected chi connectivity index (χ0v) is 22.6. The lowest BCUT2D eigenvalue weighted by Crippen LogP contribution is -2.52. The molecule has 2 N–H and O–H groups in total. The van der Waals surface area contributed by atoms with E-state index in [1.54, 1.807) is 17.0 Å². The Bertz CT molecular complexity index is 1370. The van der Waals surface area contributed by atoms with Crippen molar-refractivity contribution < 1.29 is 9.59 Å². The molecule has 2 aliphatic heterocycles. The molecule has 2 amide bonds. The second kappa shape index (κ2) is 11.0. The number of nitrogens with one attached hydrogen (secondary N) is 2. The molecular formula is C30H32ClN5O2. The van der Waals surface area contributed by atoms with Gasteiger partial charge in [-0.1, -0.05) is 48.0 Å². The number of carbonyl (C=O) groups is 2. The van der Waals surface area contributed by atoms with Gasteiger partial charge in [0.2, 0.25) is 5.91 Å². The molecule has 2 heterocycles. The lowest BCUT2D eigenvalue weighted by atomic mass is 10.00. The number of piperazine rings is 1. The third-order valence-electron chi connectivity index (χ3n) is 7.34. The number of hydrogen-bond acceptors (Lipinski definition) is 5. The van der Waals surface area contributed by atoms with Crippen LogP contribution in [0.4, 0.5) is 17.1 Å². The Balaban J connectivity index is 1.37. The van der Waals surface area contributed by atoms with Crippen LogP contribution in [0, 0.1) is 0 Å². The third-order valence-corrected chi connectivity index (χ3v) is 7.57. The fourth-order valence-corrected chi connectivity index (χ4v) is 5.07.